The fraction of sp³-hybridized carbons (Fsp3) is 0.286. The summed E-state index contributed by atoms with van der Waals surface area (Å²) in [5.74, 6) is 2.34. The number of benzene rings is 1. The second kappa shape index (κ2) is 9.82. The molecule has 2 N–H and O–H groups in total. The first-order valence-electron chi connectivity index (χ1n) is 9.40. The second-order valence-corrected chi connectivity index (χ2v) is 6.64. The molecule has 7 nitrogen and oxygen atoms in total. The molecule has 0 bridgehead atoms. The number of aryl methyl sites for hydroxylation is 2. The van der Waals surface area contributed by atoms with Crippen LogP contribution in [0.25, 0.3) is 5.82 Å². The fourth-order valence-corrected chi connectivity index (χ4v) is 2.93. The lowest BCUT2D eigenvalue weighted by molar-refractivity contribution is -0.0504. The summed E-state index contributed by atoms with van der Waals surface area (Å²) in [4.78, 5) is 12.8. The number of alkyl halides is 2. The van der Waals surface area contributed by atoms with Crippen LogP contribution in [-0.2, 0) is 13.1 Å². The average molecular weight is 414 g/mol. The van der Waals surface area contributed by atoms with Crippen LogP contribution in [0.4, 0.5) is 8.78 Å². The second-order valence-electron chi connectivity index (χ2n) is 6.64. The van der Waals surface area contributed by atoms with Crippen molar-refractivity contribution in [3.63, 3.8) is 0 Å². The average Bonchev–Trinajstić information content (AvgIpc) is 3.16. The van der Waals surface area contributed by atoms with E-state index in [-0.39, 0.29) is 5.75 Å². The van der Waals surface area contributed by atoms with Gasteiger partial charge in [0.1, 0.15) is 17.4 Å². The number of imidazole rings is 1. The molecule has 0 radical (unpaired) electrons. The van der Waals surface area contributed by atoms with Crippen molar-refractivity contribution in [2.45, 2.75) is 33.5 Å². The highest BCUT2D eigenvalue weighted by Gasteiger charge is 2.10. The van der Waals surface area contributed by atoms with Gasteiger partial charge in [-0.05, 0) is 31.5 Å². The summed E-state index contributed by atoms with van der Waals surface area (Å²) < 4.78 is 31.7. The molecule has 2 aromatic heterocycles. The summed E-state index contributed by atoms with van der Waals surface area (Å²) >= 11 is 0. The maximum Gasteiger partial charge on any atom is 0.387 e. The maximum absolute atomic E-state index is 12.6. The minimum atomic E-state index is -2.87. The van der Waals surface area contributed by atoms with E-state index in [9.17, 15) is 8.78 Å². The molecule has 0 atom stereocenters. The van der Waals surface area contributed by atoms with Gasteiger partial charge in [-0.2, -0.15) is 8.78 Å². The van der Waals surface area contributed by atoms with Gasteiger partial charge in [0.05, 0.1) is 0 Å². The minimum absolute atomic E-state index is 0.146. The van der Waals surface area contributed by atoms with Crippen molar-refractivity contribution in [3.05, 3.63) is 71.4 Å². The third-order valence-corrected chi connectivity index (χ3v) is 4.44. The van der Waals surface area contributed by atoms with Gasteiger partial charge in [0.15, 0.2) is 5.96 Å². The molecule has 9 heteroatoms. The summed E-state index contributed by atoms with van der Waals surface area (Å²) in [6, 6.07) is 8.97. The number of halogens is 2. The van der Waals surface area contributed by atoms with Gasteiger partial charge in [-0.1, -0.05) is 23.8 Å². The van der Waals surface area contributed by atoms with E-state index < -0.39 is 6.61 Å². The van der Waals surface area contributed by atoms with E-state index >= 15 is 0 Å². The highest BCUT2D eigenvalue weighted by molar-refractivity contribution is 5.79. The van der Waals surface area contributed by atoms with Crippen LogP contribution >= 0.6 is 0 Å². The van der Waals surface area contributed by atoms with Gasteiger partial charge in [0.25, 0.3) is 0 Å². The van der Waals surface area contributed by atoms with Gasteiger partial charge < -0.3 is 15.4 Å². The molecule has 0 aliphatic carbocycles. The quantitative estimate of drug-likeness (QED) is 0.458. The molecule has 158 valence electrons. The minimum Gasteiger partial charge on any atom is -0.434 e. The third kappa shape index (κ3) is 5.53. The monoisotopic (exact) mass is 414 g/mol. The van der Waals surface area contributed by atoms with Crippen molar-refractivity contribution in [1.29, 1.82) is 0 Å². The standard InChI is InChI=1S/C21H24F2N6O/c1-14-4-6-18(30-20(22)23)17(10-14)13-28-21(24-3)27-12-16-5-7-19(26-11-16)29-9-8-25-15(29)2/h4-11,20H,12-13H2,1-3H3,(H2,24,27,28). The van der Waals surface area contributed by atoms with Crippen molar-refractivity contribution in [3.8, 4) is 11.6 Å². The lowest BCUT2D eigenvalue weighted by Crippen LogP contribution is -2.36. The summed E-state index contributed by atoms with van der Waals surface area (Å²) in [5, 5.41) is 6.31. The van der Waals surface area contributed by atoms with Crippen LogP contribution in [-0.4, -0.2) is 34.2 Å². The van der Waals surface area contributed by atoms with Gasteiger partial charge in [-0.3, -0.25) is 9.56 Å². The van der Waals surface area contributed by atoms with E-state index in [0.29, 0.717) is 24.6 Å². The molecule has 0 saturated heterocycles. The van der Waals surface area contributed by atoms with Crippen molar-refractivity contribution in [2.24, 2.45) is 4.99 Å². The number of hydrogen-bond acceptors (Lipinski definition) is 4. The molecule has 0 saturated carbocycles. The summed E-state index contributed by atoms with van der Waals surface area (Å²) in [5.41, 5.74) is 2.55. The Hall–Kier alpha value is -3.49. The van der Waals surface area contributed by atoms with Crippen LogP contribution in [0.1, 0.15) is 22.5 Å². The topological polar surface area (TPSA) is 76.4 Å². The van der Waals surface area contributed by atoms with Crippen molar-refractivity contribution >= 4 is 5.96 Å². The van der Waals surface area contributed by atoms with Crippen molar-refractivity contribution in [1.82, 2.24) is 25.2 Å². The number of nitrogens with one attached hydrogen (secondary N) is 2. The molecule has 0 aliphatic heterocycles. The van der Waals surface area contributed by atoms with E-state index in [2.05, 4.69) is 30.3 Å². The molecule has 0 spiro atoms. The Bertz CT molecular complexity index is 1000. The van der Waals surface area contributed by atoms with Crippen LogP contribution < -0.4 is 15.4 Å². The lowest BCUT2D eigenvalue weighted by atomic mass is 10.1. The Morgan fingerprint density at radius 2 is 1.93 bits per heavy atom. The molecule has 1 aromatic carbocycles. The number of nitrogens with zero attached hydrogens (tertiary/aromatic N) is 4. The van der Waals surface area contributed by atoms with Gasteiger partial charge in [0.2, 0.25) is 0 Å². The number of rotatable bonds is 7. The Morgan fingerprint density at radius 3 is 2.57 bits per heavy atom. The molecule has 0 amide bonds. The summed E-state index contributed by atoms with van der Waals surface area (Å²) in [6.07, 6.45) is 5.37. The largest absolute Gasteiger partial charge is 0.434 e. The highest BCUT2D eigenvalue weighted by Crippen LogP contribution is 2.22. The van der Waals surface area contributed by atoms with E-state index in [0.717, 1.165) is 22.8 Å². The summed E-state index contributed by atoms with van der Waals surface area (Å²) in [7, 11) is 1.64. The Kier molecular flexibility index (Phi) is 6.95. The molecule has 0 unspecified atom stereocenters. The zero-order valence-corrected chi connectivity index (χ0v) is 17.1. The molecular weight excluding hydrogens is 390 g/mol. The summed E-state index contributed by atoms with van der Waals surface area (Å²) in [6.45, 7) is 1.74. The predicted octanol–water partition coefficient (Wildman–Crippen LogP) is 3.35. The van der Waals surface area contributed by atoms with Crippen LogP contribution in [0.3, 0.4) is 0 Å². The first-order chi connectivity index (χ1) is 14.5. The number of guanidine groups is 1. The molecule has 3 aromatic rings. The number of pyridine rings is 1. The van der Waals surface area contributed by atoms with E-state index in [4.69, 9.17) is 0 Å². The van der Waals surface area contributed by atoms with Gasteiger partial charge >= 0.3 is 6.61 Å². The maximum atomic E-state index is 12.6. The van der Waals surface area contributed by atoms with E-state index in [1.165, 1.54) is 0 Å². The molecule has 2 heterocycles. The first-order valence-corrected chi connectivity index (χ1v) is 9.40. The molecule has 3 rings (SSSR count). The smallest absolute Gasteiger partial charge is 0.387 e. The van der Waals surface area contributed by atoms with Crippen LogP contribution in [0.5, 0.6) is 5.75 Å². The first kappa shape index (κ1) is 21.2. The van der Waals surface area contributed by atoms with Crippen LogP contribution in [0.2, 0.25) is 0 Å². The molecule has 30 heavy (non-hydrogen) atoms. The van der Waals surface area contributed by atoms with Crippen LogP contribution in [0, 0.1) is 13.8 Å². The van der Waals surface area contributed by atoms with Gasteiger partial charge in [0, 0.05) is 44.3 Å². The zero-order valence-electron chi connectivity index (χ0n) is 17.1. The van der Waals surface area contributed by atoms with E-state index in [1.807, 2.05) is 36.7 Å². The number of aliphatic imine (C=N–C) groups is 1. The molecular formula is C21H24F2N6O. The molecule has 0 fully saturated rings. The zero-order chi connectivity index (χ0) is 21.5. The van der Waals surface area contributed by atoms with Gasteiger partial charge in [-0.15, -0.1) is 0 Å². The van der Waals surface area contributed by atoms with Crippen molar-refractivity contribution in [2.75, 3.05) is 7.05 Å². The van der Waals surface area contributed by atoms with Crippen LogP contribution in [0.15, 0.2) is 53.9 Å². The molecule has 0 aliphatic rings. The predicted molar refractivity (Wildman–Crippen MR) is 111 cm³/mol. The van der Waals surface area contributed by atoms with Crippen molar-refractivity contribution < 1.29 is 13.5 Å². The number of hydrogen-bond donors (Lipinski definition) is 2. The highest BCUT2D eigenvalue weighted by atomic mass is 19.3. The fourth-order valence-electron chi connectivity index (χ4n) is 2.93. The third-order valence-electron chi connectivity index (χ3n) is 4.44. The lowest BCUT2D eigenvalue weighted by Gasteiger charge is -2.15. The normalized spacial score (nSPS) is 11.6. The Balaban J connectivity index is 1.58. The number of aromatic nitrogens is 3. The Morgan fingerprint density at radius 1 is 1.13 bits per heavy atom. The SMILES string of the molecule is CN=C(NCc1ccc(-n2ccnc2C)nc1)NCc1cc(C)ccc1OC(F)F. The number of ether oxygens (including phenoxy) is 1. The van der Waals surface area contributed by atoms with E-state index in [1.54, 1.807) is 37.6 Å². The Labute approximate surface area is 173 Å². The van der Waals surface area contributed by atoms with Gasteiger partial charge in [-0.25, -0.2) is 9.97 Å².